The van der Waals surface area contributed by atoms with Crippen molar-refractivity contribution in [3.8, 4) is 11.5 Å². The fourth-order valence-electron chi connectivity index (χ4n) is 1.75. The lowest BCUT2D eigenvalue weighted by Crippen LogP contribution is -2.31. The van der Waals surface area contributed by atoms with E-state index in [0.29, 0.717) is 11.7 Å². The summed E-state index contributed by atoms with van der Waals surface area (Å²) in [6.45, 7) is 5.51. The Balaban J connectivity index is 1.74. The first kappa shape index (κ1) is 13.5. The van der Waals surface area contributed by atoms with Gasteiger partial charge in [0.2, 0.25) is 12.7 Å². The lowest BCUT2D eigenvalue weighted by atomic mass is 10.1. The van der Waals surface area contributed by atoms with Crippen LogP contribution in [0.15, 0.2) is 18.2 Å². The van der Waals surface area contributed by atoms with Crippen molar-refractivity contribution < 1.29 is 14.3 Å². The van der Waals surface area contributed by atoms with E-state index in [1.54, 1.807) is 0 Å². The van der Waals surface area contributed by atoms with Gasteiger partial charge in [0.25, 0.3) is 0 Å². The number of carbonyl (C=O) groups is 1. The van der Waals surface area contributed by atoms with E-state index < -0.39 is 0 Å². The van der Waals surface area contributed by atoms with Gasteiger partial charge in [-0.15, -0.1) is 0 Å². The van der Waals surface area contributed by atoms with E-state index in [9.17, 15) is 4.79 Å². The van der Waals surface area contributed by atoms with Crippen molar-refractivity contribution in [2.45, 2.75) is 20.3 Å². The minimum Gasteiger partial charge on any atom is -0.454 e. The Kier molecular flexibility index (Phi) is 4.49. The van der Waals surface area contributed by atoms with Crippen LogP contribution in [0.3, 0.4) is 0 Å². The predicted octanol–water partition coefficient (Wildman–Crippen LogP) is 1.99. The Labute approximate surface area is 113 Å². The number of rotatable bonds is 6. The fraction of sp³-hybridized carbons (Fsp3) is 0.500. The normalized spacial score (nSPS) is 12.6. The van der Waals surface area contributed by atoms with Crippen molar-refractivity contribution in [2.75, 3.05) is 25.2 Å². The molecule has 1 heterocycles. The van der Waals surface area contributed by atoms with Crippen LogP contribution in [0.1, 0.15) is 20.3 Å². The zero-order valence-electron chi connectivity index (χ0n) is 11.4. The van der Waals surface area contributed by atoms with Crippen molar-refractivity contribution in [1.29, 1.82) is 0 Å². The molecule has 2 N–H and O–H groups in total. The highest BCUT2D eigenvalue weighted by molar-refractivity contribution is 5.80. The van der Waals surface area contributed by atoms with Crippen molar-refractivity contribution in [1.82, 2.24) is 5.32 Å². The molecule has 0 spiro atoms. The molecule has 0 saturated heterocycles. The summed E-state index contributed by atoms with van der Waals surface area (Å²) in [5.41, 5.74) is 0.850. The standard InChI is InChI=1S/C14H20N2O3/c1-10(2)5-6-15-14(17)8-16-11-3-4-12-13(7-11)19-9-18-12/h3-4,7,10,16H,5-6,8-9H2,1-2H3,(H,15,17). The van der Waals surface area contributed by atoms with Crippen LogP contribution in [-0.2, 0) is 4.79 Å². The quantitative estimate of drug-likeness (QED) is 0.825. The number of amides is 1. The third kappa shape index (κ3) is 4.05. The molecular weight excluding hydrogens is 244 g/mol. The largest absolute Gasteiger partial charge is 0.454 e. The maximum Gasteiger partial charge on any atom is 0.239 e. The molecule has 19 heavy (non-hydrogen) atoms. The van der Waals surface area contributed by atoms with E-state index in [2.05, 4.69) is 24.5 Å². The lowest BCUT2D eigenvalue weighted by Gasteiger charge is -2.09. The monoisotopic (exact) mass is 264 g/mol. The zero-order chi connectivity index (χ0) is 13.7. The van der Waals surface area contributed by atoms with Crippen molar-refractivity contribution in [3.63, 3.8) is 0 Å². The van der Waals surface area contributed by atoms with Crippen LogP contribution in [-0.4, -0.2) is 25.8 Å². The molecule has 0 atom stereocenters. The molecule has 0 unspecified atom stereocenters. The second-order valence-electron chi connectivity index (χ2n) is 4.95. The molecule has 1 aliphatic rings. The van der Waals surface area contributed by atoms with Gasteiger partial charge >= 0.3 is 0 Å². The number of benzene rings is 1. The summed E-state index contributed by atoms with van der Waals surface area (Å²) in [7, 11) is 0. The first-order chi connectivity index (χ1) is 9.15. The summed E-state index contributed by atoms with van der Waals surface area (Å²) in [5, 5.41) is 5.94. The maximum atomic E-state index is 11.6. The van der Waals surface area contributed by atoms with Gasteiger partial charge in [-0.25, -0.2) is 0 Å². The second kappa shape index (κ2) is 6.31. The Bertz CT molecular complexity index is 446. The molecule has 5 heteroatoms. The number of hydrogen-bond donors (Lipinski definition) is 2. The average Bonchev–Trinajstić information content (AvgIpc) is 2.83. The number of carbonyl (C=O) groups excluding carboxylic acids is 1. The molecule has 1 amide bonds. The number of hydrogen-bond acceptors (Lipinski definition) is 4. The smallest absolute Gasteiger partial charge is 0.239 e. The third-order valence-electron chi connectivity index (χ3n) is 2.87. The highest BCUT2D eigenvalue weighted by Crippen LogP contribution is 2.34. The molecule has 0 bridgehead atoms. The van der Waals surface area contributed by atoms with Gasteiger partial charge in [-0.05, 0) is 24.5 Å². The van der Waals surface area contributed by atoms with Gasteiger partial charge in [-0.2, -0.15) is 0 Å². The lowest BCUT2D eigenvalue weighted by molar-refractivity contribution is -0.119. The van der Waals surface area contributed by atoms with Gasteiger partial charge in [0.15, 0.2) is 11.5 Å². The van der Waals surface area contributed by atoms with Gasteiger partial charge in [0.05, 0.1) is 6.54 Å². The summed E-state index contributed by atoms with van der Waals surface area (Å²) in [4.78, 5) is 11.6. The number of ether oxygens (including phenoxy) is 2. The first-order valence-corrected chi connectivity index (χ1v) is 6.55. The van der Waals surface area contributed by atoms with Crippen molar-refractivity contribution in [3.05, 3.63) is 18.2 Å². The average molecular weight is 264 g/mol. The minimum absolute atomic E-state index is 0.00156. The maximum absolute atomic E-state index is 11.6. The molecule has 0 fully saturated rings. The van der Waals surface area contributed by atoms with Crippen LogP contribution in [0.5, 0.6) is 11.5 Å². The molecule has 104 valence electrons. The Morgan fingerprint density at radius 2 is 2.11 bits per heavy atom. The van der Waals surface area contributed by atoms with E-state index in [-0.39, 0.29) is 19.2 Å². The van der Waals surface area contributed by atoms with Crippen LogP contribution < -0.4 is 20.1 Å². The molecule has 1 aromatic rings. The third-order valence-corrected chi connectivity index (χ3v) is 2.87. The minimum atomic E-state index is -0.00156. The molecule has 0 radical (unpaired) electrons. The van der Waals surface area contributed by atoms with E-state index in [4.69, 9.17) is 9.47 Å². The van der Waals surface area contributed by atoms with Gasteiger partial charge in [-0.1, -0.05) is 13.8 Å². The summed E-state index contributed by atoms with van der Waals surface area (Å²) >= 11 is 0. The van der Waals surface area contributed by atoms with Crippen LogP contribution in [0.2, 0.25) is 0 Å². The fourth-order valence-corrected chi connectivity index (χ4v) is 1.75. The van der Waals surface area contributed by atoms with E-state index >= 15 is 0 Å². The summed E-state index contributed by atoms with van der Waals surface area (Å²) in [6, 6.07) is 5.54. The van der Waals surface area contributed by atoms with Crippen LogP contribution in [0.25, 0.3) is 0 Å². The zero-order valence-corrected chi connectivity index (χ0v) is 11.4. The van der Waals surface area contributed by atoms with E-state index in [0.717, 1.165) is 24.4 Å². The molecule has 1 aliphatic heterocycles. The highest BCUT2D eigenvalue weighted by Gasteiger charge is 2.13. The van der Waals surface area contributed by atoms with Crippen LogP contribution in [0, 0.1) is 5.92 Å². The molecule has 0 aliphatic carbocycles. The first-order valence-electron chi connectivity index (χ1n) is 6.55. The molecule has 2 rings (SSSR count). The van der Waals surface area contributed by atoms with Crippen molar-refractivity contribution >= 4 is 11.6 Å². The SMILES string of the molecule is CC(C)CCNC(=O)CNc1ccc2c(c1)OCO2. The number of nitrogens with one attached hydrogen (secondary N) is 2. The second-order valence-corrected chi connectivity index (χ2v) is 4.95. The molecular formula is C14H20N2O3. The Hall–Kier alpha value is -1.91. The van der Waals surface area contributed by atoms with Gasteiger partial charge in [-0.3, -0.25) is 4.79 Å². The summed E-state index contributed by atoms with van der Waals surface area (Å²) in [6.07, 6.45) is 0.996. The van der Waals surface area contributed by atoms with E-state index in [1.165, 1.54) is 0 Å². The summed E-state index contributed by atoms with van der Waals surface area (Å²) < 4.78 is 10.5. The van der Waals surface area contributed by atoms with Gasteiger partial charge < -0.3 is 20.1 Å². The molecule has 0 saturated carbocycles. The number of anilines is 1. The molecule has 5 nitrogen and oxygen atoms in total. The molecule has 1 aromatic carbocycles. The topological polar surface area (TPSA) is 59.6 Å². The van der Waals surface area contributed by atoms with Gasteiger partial charge in [0, 0.05) is 18.3 Å². The highest BCUT2D eigenvalue weighted by atomic mass is 16.7. The van der Waals surface area contributed by atoms with Crippen molar-refractivity contribution in [2.24, 2.45) is 5.92 Å². The number of fused-ring (bicyclic) bond motifs is 1. The van der Waals surface area contributed by atoms with Crippen LogP contribution in [0.4, 0.5) is 5.69 Å². The summed E-state index contributed by atoms with van der Waals surface area (Å²) in [5.74, 6) is 2.05. The van der Waals surface area contributed by atoms with Crippen LogP contribution >= 0.6 is 0 Å². The molecule has 0 aromatic heterocycles. The Morgan fingerprint density at radius 3 is 2.89 bits per heavy atom. The Morgan fingerprint density at radius 1 is 1.32 bits per heavy atom. The predicted molar refractivity (Wildman–Crippen MR) is 73.5 cm³/mol. The van der Waals surface area contributed by atoms with E-state index in [1.807, 2.05) is 18.2 Å². The van der Waals surface area contributed by atoms with Gasteiger partial charge in [0.1, 0.15) is 0 Å².